The van der Waals surface area contributed by atoms with Crippen LogP contribution in [0.15, 0.2) is 0 Å². The normalized spacial score (nSPS) is 37.4. The number of rotatable bonds is 3. The van der Waals surface area contributed by atoms with Gasteiger partial charge in [-0.15, -0.1) is 0 Å². The summed E-state index contributed by atoms with van der Waals surface area (Å²) in [5.41, 5.74) is 0. The number of ether oxygens (including phenoxy) is 1. The molecule has 0 aromatic heterocycles. The third kappa shape index (κ3) is 1.75. The largest absolute Gasteiger partial charge is 0.376 e. The summed E-state index contributed by atoms with van der Waals surface area (Å²) in [5, 5.41) is 3.45. The molecule has 1 heterocycles. The molecule has 2 heteroatoms. The highest BCUT2D eigenvalue weighted by atomic mass is 16.5. The second-order valence-corrected chi connectivity index (χ2v) is 4.61. The SMILES string of the molecule is CNC(C1CCC1)C1OCCC1C. The van der Waals surface area contributed by atoms with Gasteiger partial charge in [-0.2, -0.15) is 0 Å². The van der Waals surface area contributed by atoms with Crippen molar-refractivity contribution < 1.29 is 4.74 Å². The third-order valence-corrected chi connectivity index (χ3v) is 3.79. The fraction of sp³-hybridized carbons (Fsp3) is 1.00. The van der Waals surface area contributed by atoms with Gasteiger partial charge in [-0.25, -0.2) is 0 Å². The van der Waals surface area contributed by atoms with Crippen LogP contribution in [-0.2, 0) is 4.74 Å². The first kappa shape index (κ1) is 9.47. The second-order valence-electron chi connectivity index (χ2n) is 4.61. The Kier molecular flexibility index (Phi) is 2.89. The molecular weight excluding hydrogens is 162 g/mol. The molecule has 2 aliphatic rings. The number of nitrogens with one attached hydrogen (secondary N) is 1. The minimum atomic E-state index is 0.482. The van der Waals surface area contributed by atoms with Gasteiger partial charge in [-0.1, -0.05) is 13.3 Å². The Labute approximate surface area is 81.0 Å². The first-order chi connectivity index (χ1) is 6.33. The van der Waals surface area contributed by atoms with Gasteiger partial charge in [0.15, 0.2) is 0 Å². The number of hydrogen-bond donors (Lipinski definition) is 1. The molecule has 2 nitrogen and oxygen atoms in total. The Morgan fingerprint density at radius 2 is 2.08 bits per heavy atom. The predicted octanol–water partition coefficient (Wildman–Crippen LogP) is 1.80. The van der Waals surface area contributed by atoms with Crippen molar-refractivity contribution in [1.29, 1.82) is 0 Å². The van der Waals surface area contributed by atoms with Crippen LogP contribution in [0.5, 0.6) is 0 Å². The van der Waals surface area contributed by atoms with Crippen molar-refractivity contribution in [3.63, 3.8) is 0 Å². The van der Waals surface area contributed by atoms with E-state index in [1.807, 2.05) is 0 Å². The van der Waals surface area contributed by atoms with Gasteiger partial charge in [-0.3, -0.25) is 0 Å². The molecule has 2 fully saturated rings. The van der Waals surface area contributed by atoms with Gasteiger partial charge < -0.3 is 10.1 Å². The Balaban J connectivity index is 1.94. The lowest BCUT2D eigenvalue weighted by Gasteiger charge is -2.38. The van der Waals surface area contributed by atoms with E-state index in [4.69, 9.17) is 4.74 Å². The van der Waals surface area contributed by atoms with Crippen molar-refractivity contribution in [1.82, 2.24) is 5.32 Å². The molecule has 1 N–H and O–H groups in total. The van der Waals surface area contributed by atoms with E-state index < -0.39 is 0 Å². The van der Waals surface area contributed by atoms with Gasteiger partial charge in [0.05, 0.1) is 6.10 Å². The fourth-order valence-corrected chi connectivity index (χ4v) is 2.64. The van der Waals surface area contributed by atoms with Crippen LogP contribution in [0, 0.1) is 11.8 Å². The molecule has 0 aromatic carbocycles. The zero-order valence-electron chi connectivity index (χ0n) is 8.75. The highest BCUT2D eigenvalue weighted by molar-refractivity contribution is 4.91. The minimum Gasteiger partial charge on any atom is -0.376 e. The van der Waals surface area contributed by atoms with Crippen molar-refractivity contribution in [3.05, 3.63) is 0 Å². The summed E-state index contributed by atoms with van der Waals surface area (Å²) in [6, 6.07) is 0.617. The Morgan fingerprint density at radius 3 is 2.46 bits per heavy atom. The van der Waals surface area contributed by atoms with Crippen LogP contribution in [-0.4, -0.2) is 25.8 Å². The van der Waals surface area contributed by atoms with Crippen molar-refractivity contribution in [3.8, 4) is 0 Å². The molecule has 0 bridgehead atoms. The monoisotopic (exact) mass is 183 g/mol. The Morgan fingerprint density at radius 1 is 1.31 bits per heavy atom. The molecule has 1 saturated heterocycles. The van der Waals surface area contributed by atoms with Gasteiger partial charge in [0.25, 0.3) is 0 Å². The fourth-order valence-electron chi connectivity index (χ4n) is 2.64. The van der Waals surface area contributed by atoms with Crippen molar-refractivity contribution in [2.75, 3.05) is 13.7 Å². The van der Waals surface area contributed by atoms with Crippen LogP contribution >= 0.6 is 0 Å². The molecule has 0 radical (unpaired) electrons. The molecule has 1 aliphatic heterocycles. The molecule has 76 valence electrons. The van der Waals surface area contributed by atoms with Gasteiger partial charge in [-0.05, 0) is 38.1 Å². The molecule has 13 heavy (non-hydrogen) atoms. The topological polar surface area (TPSA) is 21.3 Å². The van der Waals surface area contributed by atoms with Crippen molar-refractivity contribution in [2.24, 2.45) is 11.8 Å². The highest BCUT2D eigenvalue weighted by Crippen LogP contribution is 2.35. The number of likely N-dealkylation sites (N-methyl/N-ethyl adjacent to an activating group) is 1. The van der Waals surface area contributed by atoms with Crippen LogP contribution in [0.4, 0.5) is 0 Å². The Bertz CT molecular complexity index is 167. The van der Waals surface area contributed by atoms with Crippen LogP contribution in [0.2, 0.25) is 0 Å². The van der Waals surface area contributed by atoms with E-state index in [9.17, 15) is 0 Å². The maximum absolute atomic E-state index is 5.81. The lowest BCUT2D eigenvalue weighted by atomic mass is 9.76. The molecular formula is C11H21NO. The van der Waals surface area contributed by atoms with Crippen molar-refractivity contribution in [2.45, 2.75) is 44.8 Å². The maximum Gasteiger partial charge on any atom is 0.0756 e. The van der Waals surface area contributed by atoms with E-state index in [-0.39, 0.29) is 0 Å². The first-order valence-corrected chi connectivity index (χ1v) is 5.62. The summed E-state index contributed by atoms with van der Waals surface area (Å²) >= 11 is 0. The summed E-state index contributed by atoms with van der Waals surface area (Å²) in [5.74, 6) is 1.63. The van der Waals surface area contributed by atoms with Crippen LogP contribution in [0.1, 0.15) is 32.6 Å². The average molecular weight is 183 g/mol. The zero-order valence-corrected chi connectivity index (χ0v) is 8.75. The third-order valence-electron chi connectivity index (χ3n) is 3.79. The maximum atomic E-state index is 5.81. The minimum absolute atomic E-state index is 0.482. The molecule has 2 rings (SSSR count). The number of hydrogen-bond acceptors (Lipinski definition) is 2. The quantitative estimate of drug-likeness (QED) is 0.720. The van der Waals surface area contributed by atoms with E-state index in [0.29, 0.717) is 12.1 Å². The highest BCUT2D eigenvalue weighted by Gasteiger charge is 2.37. The summed E-state index contributed by atoms with van der Waals surface area (Å²) in [6.07, 6.45) is 5.95. The zero-order chi connectivity index (χ0) is 9.26. The molecule has 3 unspecified atom stereocenters. The van der Waals surface area contributed by atoms with Crippen molar-refractivity contribution >= 4 is 0 Å². The molecule has 0 spiro atoms. The van der Waals surface area contributed by atoms with Gasteiger partial charge in [0.1, 0.15) is 0 Å². The molecule has 1 aliphatic carbocycles. The van der Waals surface area contributed by atoms with Gasteiger partial charge >= 0.3 is 0 Å². The smallest absolute Gasteiger partial charge is 0.0756 e. The van der Waals surface area contributed by atoms with E-state index in [0.717, 1.165) is 18.4 Å². The molecule has 0 aromatic rings. The van der Waals surface area contributed by atoms with Gasteiger partial charge in [0, 0.05) is 12.6 Å². The molecule has 1 saturated carbocycles. The summed E-state index contributed by atoms with van der Waals surface area (Å²) < 4.78 is 5.81. The standard InChI is InChI=1S/C11H21NO/c1-8-6-7-13-11(8)10(12-2)9-4-3-5-9/h8-12H,3-7H2,1-2H3. The van der Waals surface area contributed by atoms with E-state index in [1.165, 1.54) is 25.7 Å². The average Bonchev–Trinajstić information content (AvgIpc) is 2.43. The summed E-state index contributed by atoms with van der Waals surface area (Å²) in [7, 11) is 2.08. The Hall–Kier alpha value is -0.0800. The lowest BCUT2D eigenvalue weighted by molar-refractivity contribution is 0.0272. The molecule has 0 amide bonds. The van der Waals surface area contributed by atoms with E-state index >= 15 is 0 Å². The molecule has 3 atom stereocenters. The van der Waals surface area contributed by atoms with E-state index in [2.05, 4.69) is 19.3 Å². The van der Waals surface area contributed by atoms with Crippen LogP contribution in [0.3, 0.4) is 0 Å². The summed E-state index contributed by atoms with van der Waals surface area (Å²) in [4.78, 5) is 0. The second kappa shape index (κ2) is 3.97. The van der Waals surface area contributed by atoms with Crippen LogP contribution < -0.4 is 5.32 Å². The van der Waals surface area contributed by atoms with Crippen LogP contribution in [0.25, 0.3) is 0 Å². The first-order valence-electron chi connectivity index (χ1n) is 5.62. The summed E-state index contributed by atoms with van der Waals surface area (Å²) in [6.45, 7) is 3.29. The van der Waals surface area contributed by atoms with E-state index in [1.54, 1.807) is 0 Å². The lowest BCUT2D eigenvalue weighted by Crippen LogP contribution is -2.48. The predicted molar refractivity (Wildman–Crippen MR) is 53.7 cm³/mol. The van der Waals surface area contributed by atoms with Gasteiger partial charge in [0.2, 0.25) is 0 Å².